The van der Waals surface area contributed by atoms with E-state index in [0.717, 1.165) is 11.3 Å². The Morgan fingerprint density at radius 1 is 0.786 bits per heavy atom. The predicted octanol–water partition coefficient (Wildman–Crippen LogP) is 4.57. The molecule has 1 aliphatic heterocycles. The summed E-state index contributed by atoms with van der Waals surface area (Å²) in [7, 11) is 0. The number of rotatable bonds is 6. The van der Waals surface area contributed by atoms with Crippen molar-refractivity contribution in [2.45, 2.75) is 0 Å². The number of aromatic amines is 1. The molecule has 42 heavy (non-hydrogen) atoms. The van der Waals surface area contributed by atoms with Gasteiger partial charge in [-0.3, -0.25) is 10.1 Å². The molecule has 11 nitrogen and oxygen atoms in total. The molecule has 1 aromatic heterocycles. The van der Waals surface area contributed by atoms with Gasteiger partial charge in [0.25, 0.3) is 0 Å². The first kappa shape index (κ1) is 27.5. The summed E-state index contributed by atoms with van der Waals surface area (Å²) in [5.74, 6) is 0.223. The van der Waals surface area contributed by atoms with Crippen LogP contribution < -0.4 is 21.3 Å². The molecule has 0 bridgehead atoms. The van der Waals surface area contributed by atoms with Crippen LogP contribution in [0.1, 0.15) is 5.56 Å². The van der Waals surface area contributed by atoms with Crippen molar-refractivity contribution in [2.75, 3.05) is 16.8 Å². The molecule has 6 rings (SSSR count). The van der Waals surface area contributed by atoms with Gasteiger partial charge in [-0.2, -0.15) is 0 Å². The van der Waals surface area contributed by atoms with E-state index in [1.54, 1.807) is 35.5 Å². The normalized spacial score (nSPS) is 11.7. The minimum Gasteiger partial charge on any atom is -0.368 e. The maximum Gasteiger partial charge on any atom is 0.324 e. The van der Waals surface area contributed by atoms with Crippen LogP contribution in [0.5, 0.6) is 0 Å². The second kappa shape index (κ2) is 13.3. The summed E-state index contributed by atoms with van der Waals surface area (Å²) in [5.41, 5.74) is 10.7. The van der Waals surface area contributed by atoms with Crippen LogP contribution in [0.3, 0.4) is 0 Å². The van der Waals surface area contributed by atoms with Crippen LogP contribution in [0.15, 0.2) is 126 Å². The van der Waals surface area contributed by atoms with Crippen LogP contribution in [-0.4, -0.2) is 45.3 Å². The third-order valence-corrected chi connectivity index (χ3v) is 6.05. The SMILES string of the molecule is NC(=O)CN1C=C(NC(=O)Nc2cccc(-c3nnn[nH]3)c2)N=Cc2ccccc21.c1ccc(-c2ccccc2)cc1. The predicted molar refractivity (Wildman–Crippen MR) is 162 cm³/mol. The number of para-hydroxylation sites is 1. The second-order valence-corrected chi connectivity index (χ2v) is 9.07. The Balaban J connectivity index is 0.000000244. The van der Waals surface area contributed by atoms with Gasteiger partial charge >= 0.3 is 6.03 Å². The van der Waals surface area contributed by atoms with E-state index >= 15 is 0 Å². The molecule has 0 saturated carbocycles. The summed E-state index contributed by atoms with van der Waals surface area (Å²) in [4.78, 5) is 29.9. The number of nitrogens with two attached hydrogens (primary N) is 1. The number of carbonyl (C=O) groups excluding carboxylic acids is 2. The van der Waals surface area contributed by atoms with E-state index in [4.69, 9.17) is 5.73 Å². The van der Waals surface area contributed by atoms with Crippen LogP contribution in [-0.2, 0) is 4.79 Å². The molecule has 5 N–H and O–H groups in total. The van der Waals surface area contributed by atoms with Gasteiger partial charge in [0, 0.05) is 29.2 Å². The van der Waals surface area contributed by atoms with Crippen molar-refractivity contribution >= 4 is 29.5 Å². The van der Waals surface area contributed by atoms with Gasteiger partial charge in [-0.25, -0.2) is 14.9 Å². The third-order valence-electron chi connectivity index (χ3n) is 6.05. The molecule has 1 aliphatic rings. The molecule has 0 radical (unpaired) electrons. The maximum absolute atomic E-state index is 12.5. The highest BCUT2D eigenvalue weighted by Crippen LogP contribution is 2.23. The number of hydrogen-bond acceptors (Lipinski definition) is 7. The molecular formula is C31H27N9O2. The van der Waals surface area contributed by atoms with Gasteiger partial charge < -0.3 is 16.0 Å². The van der Waals surface area contributed by atoms with Crippen molar-refractivity contribution in [3.63, 3.8) is 0 Å². The second-order valence-electron chi connectivity index (χ2n) is 9.07. The maximum atomic E-state index is 12.5. The highest BCUT2D eigenvalue weighted by molar-refractivity contribution is 5.94. The number of nitrogens with one attached hydrogen (secondary N) is 3. The highest BCUT2D eigenvalue weighted by atomic mass is 16.2. The van der Waals surface area contributed by atoms with Gasteiger partial charge in [0.05, 0.1) is 5.69 Å². The summed E-state index contributed by atoms with van der Waals surface area (Å²) in [6.45, 7) is -0.0551. The lowest BCUT2D eigenvalue weighted by Crippen LogP contribution is -2.32. The summed E-state index contributed by atoms with van der Waals surface area (Å²) in [6, 6.07) is 34.7. The lowest BCUT2D eigenvalue weighted by atomic mass is 10.1. The van der Waals surface area contributed by atoms with Crippen molar-refractivity contribution in [1.29, 1.82) is 0 Å². The Morgan fingerprint density at radius 2 is 1.45 bits per heavy atom. The number of urea groups is 1. The minimum absolute atomic E-state index is 0.0551. The van der Waals surface area contributed by atoms with Gasteiger partial charge in [-0.15, -0.1) is 5.10 Å². The molecular weight excluding hydrogens is 530 g/mol. The largest absolute Gasteiger partial charge is 0.368 e. The molecule has 3 amide bonds. The number of benzene rings is 4. The smallest absolute Gasteiger partial charge is 0.324 e. The van der Waals surface area contributed by atoms with Gasteiger partial charge in [-0.1, -0.05) is 91.0 Å². The zero-order chi connectivity index (χ0) is 29.1. The topological polar surface area (TPSA) is 154 Å². The summed E-state index contributed by atoms with van der Waals surface area (Å²) < 4.78 is 0. The van der Waals surface area contributed by atoms with Crippen LogP contribution in [0.4, 0.5) is 16.2 Å². The number of primary amides is 1. The van der Waals surface area contributed by atoms with Crippen LogP contribution >= 0.6 is 0 Å². The Morgan fingerprint density at radius 3 is 2.12 bits per heavy atom. The first-order chi connectivity index (χ1) is 20.5. The Kier molecular flexibility index (Phi) is 8.70. The Labute approximate surface area is 241 Å². The van der Waals surface area contributed by atoms with E-state index in [1.807, 2.05) is 42.5 Å². The quantitative estimate of drug-likeness (QED) is 0.240. The van der Waals surface area contributed by atoms with Gasteiger partial charge in [0.15, 0.2) is 5.82 Å². The molecule has 11 heteroatoms. The molecule has 0 saturated heterocycles. The van der Waals surface area contributed by atoms with E-state index in [9.17, 15) is 9.59 Å². The van der Waals surface area contributed by atoms with Crippen molar-refractivity contribution < 1.29 is 9.59 Å². The molecule has 0 unspecified atom stereocenters. The monoisotopic (exact) mass is 557 g/mol. The number of aliphatic imine (C=N–C) groups is 1. The lowest BCUT2D eigenvalue weighted by Gasteiger charge is -2.20. The fraction of sp³-hybridized carbons (Fsp3) is 0.0323. The van der Waals surface area contributed by atoms with Gasteiger partial charge in [0.2, 0.25) is 5.91 Å². The van der Waals surface area contributed by atoms with Crippen molar-refractivity contribution in [2.24, 2.45) is 10.7 Å². The number of H-pyrrole nitrogens is 1. The highest BCUT2D eigenvalue weighted by Gasteiger charge is 2.16. The van der Waals surface area contributed by atoms with Crippen molar-refractivity contribution in [3.8, 4) is 22.5 Å². The molecule has 5 aromatic rings. The van der Waals surface area contributed by atoms with E-state index < -0.39 is 11.9 Å². The van der Waals surface area contributed by atoms with Gasteiger partial charge in [-0.05, 0) is 39.8 Å². The standard InChI is InChI=1S/C19H17N9O2.C12H10/c20-16(29)10-28-11-17(21-9-13-4-1-2-7-15(13)28)23-19(30)22-14-6-3-5-12(8-14)18-24-26-27-25-18;1-3-7-11(8-4-1)12-9-5-2-6-10-12/h1-9,11H,10H2,(H2,20,29)(H2,22,23,30)(H,24,25,26,27);1-10H. The molecule has 208 valence electrons. The minimum atomic E-state index is -0.509. The van der Waals surface area contributed by atoms with Crippen LogP contribution in [0.25, 0.3) is 22.5 Å². The fourth-order valence-corrected chi connectivity index (χ4v) is 4.18. The number of fused-ring (bicyclic) bond motifs is 1. The summed E-state index contributed by atoms with van der Waals surface area (Å²) in [5, 5.41) is 19.0. The van der Waals surface area contributed by atoms with E-state index in [2.05, 4.69) is 84.8 Å². The number of carbonyl (C=O) groups is 2. The Hall–Kier alpha value is -6.10. The fourth-order valence-electron chi connectivity index (χ4n) is 4.18. The van der Waals surface area contributed by atoms with Crippen LogP contribution in [0, 0.1) is 0 Å². The zero-order valence-corrected chi connectivity index (χ0v) is 22.4. The first-order valence-corrected chi connectivity index (χ1v) is 13.0. The zero-order valence-electron chi connectivity index (χ0n) is 22.4. The van der Waals surface area contributed by atoms with Crippen molar-refractivity contribution in [3.05, 3.63) is 127 Å². The van der Waals surface area contributed by atoms with E-state index in [0.29, 0.717) is 17.1 Å². The Bertz CT molecular complexity index is 1670. The lowest BCUT2D eigenvalue weighted by molar-refractivity contribution is -0.116. The third kappa shape index (κ3) is 7.30. The van der Waals surface area contributed by atoms with E-state index in [-0.39, 0.29) is 12.4 Å². The molecule has 0 fully saturated rings. The van der Waals surface area contributed by atoms with Gasteiger partial charge in [0.1, 0.15) is 12.4 Å². The molecule has 0 atom stereocenters. The van der Waals surface area contributed by atoms with E-state index in [1.165, 1.54) is 11.1 Å². The summed E-state index contributed by atoms with van der Waals surface area (Å²) >= 11 is 0. The number of tetrazole rings is 1. The van der Waals surface area contributed by atoms with Crippen molar-refractivity contribution in [1.82, 2.24) is 25.9 Å². The number of hydrogen-bond donors (Lipinski definition) is 4. The molecule has 2 heterocycles. The molecule has 0 aliphatic carbocycles. The number of anilines is 2. The average Bonchev–Trinajstić information content (AvgIpc) is 3.51. The van der Waals surface area contributed by atoms with Crippen LogP contribution in [0.2, 0.25) is 0 Å². The summed E-state index contributed by atoms with van der Waals surface area (Å²) in [6.07, 6.45) is 3.17. The molecule has 4 aromatic carbocycles. The first-order valence-electron chi connectivity index (χ1n) is 13.0. The number of nitrogens with zero attached hydrogens (tertiary/aromatic N) is 5. The molecule has 0 spiro atoms. The number of amides is 3. The average molecular weight is 558 g/mol. The number of aromatic nitrogens is 4.